The van der Waals surface area contributed by atoms with Crippen LogP contribution in [0.25, 0.3) is 0 Å². The zero-order chi connectivity index (χ0) is 24.2. The van der Waals surface area contributed by atoms with Crippen molar-refractivity contribution >= 4 is 25.2 Å². The molecule has 0 saturated carbocycles. The van der Waals surface area contributed by atoms with Crippen LogP contribution in [-0.2, 0) is 13.8 Å². The van der Waals surface area contributed by atoms with E-state index < -0.39 is 0 Å². The molecule has 0 rings (SSSR count). The van der Waals surface area contributed by atoms with Gasteiger partial charge in [-0.1, -0.05) is 69.2 Å². The summed E-state index contributed by atoms with van der Waals surface area (Å²) in [7, 11) is 2.04. The Balaban J connectivity index is 0. The van der Waals surface area contributed by atoms with Gasteiger partial charge < -0.3 is 14.3 Å². The van der Waals surface area contributed by atoms with Crippen molar-refractivity contribution in [2.24, 2.45) is 27.6 Å². The lowest BCUT2D eigenvalue weighted by Gasteiger charge is -2.36. The molecule has 0 bridgehead atoms. The lowest BCUT2D eigenvalue weighted by molar-refractivity contribution is -0.133. The van der Waals surface area contributed by atoms with Gasteiger partial charge in [-0.3, -0.25) is 4.79 Å². The van der Waals surface area contributed by atoms with Gasteiger partial charge in [0.2, 0.25) is 0 Å². The quantitative estimate of drug-likeness (QED) is 0.184. The summed E-state index contributed by atoms with van der Waals surface area (Å²) in [5.74, 6) is 0.500. The first kappa shape index (κ1) is 31.6. The highest BCUT2D eigenvalue weighted by atomic mass is 32.1. The summed E-state index contributed by atoms with van der Waals surface area (Å²) in [5.41, 5.74) is 0.881. The van der Waals surface area contributed by atoms with E-state index in [-0.39, 0.29) is 16.8 Å². The van der Waals surface area contributed by atoms with Gasteiger partial charge in [-0.25, -0.2) is 0 Å². The van der Waals surface area contributed by atoms with Crippen LogP contribution in [0.5, 0.6) is 0 Å². The molecule has 30 heavy (non-hydrogen) atoms. The van der Waals surface area contributed by atoms with Crippen LogP contribution < -0.4 is 5.32 Å². The van der Waals surface area contributed by atoms with Gasteiger partial charge in [-0.15, -0.1) is 0 Å². The lowest BCUT2D eigenvalue weighted by Crippen LogP contribution is -2.32. The Hall–Kier alpha value is -0.550. The van der Waals surface area contributed by atoms with Crippen molar-refractivity contribution in [2.75, 3.05) is 13.6 Å². The Morgan fingerprint density at radius 2 is 1.43 bits per heavy atom. The largest absolute Gasteiger partial charge is 0.395 e. The van der Waals surface area contributed by atoms with Gasteiger partial charge >= 0.3 is 5.97 Å². The van der Waals surface area contributed by atoms with E-state index in [4.69, 9.17) is 0 Å². The van der Waals surface area contributed by atoms with Crippen LogP contribution in [0.1, 0.15) is 108 Å². The molecule has 0 aliphatic heterocycles. The van der Waals surface area contributed by atoms with Crippen LogP contribution in [0.4, 0.5) is 0 Å². The molecule has 180 valence electrons. The highest BCUT2D eigenvalue weighted by Crippen LogP contribution is 2.39. The second kappa shape index (κ2) is 13.8. The third-order valence-corrected chi connectivity index (χ3v) is 5.48. The van der Waals surface area contributed by atoms with Gasteiger partial charge in [0.25, 0.3) is 0 Å². The molecule has 0 aromatic rings. The number of rotatable bonds is 13. The van der Waals surface area contributed by atoms with Crippen LogP contribution in [0.2, 0.25) is 0 Å². The van der Waals surface area contributed by atoms with Gasteiger partial charge in [-0.05, 0) is 66.9 Å². The van der Waals surface area contributed by atoms with Gasteiger partial charge in [0.1, 0.15) is 6.29 Å². The van der Waals surface area contributed by atoms with E-state index in [1.807, 2.05) is 7.05 Å². The Bertz CT molecular complexity index is 497. The molecule has 0 aliphatic rings. The van der Waals surface area contributed by atoms with Gasteiger partial charge in [-0.2, -0.15) is 0 Å². The first-order valence-electron chi connectivity index (χ1n) is 11.3. The number of hydrogen-bond acceptors (Lipinski definition) is 5. The molecule has 0 spiro atoms. The van der Waals surface area contributed by atoms with Gasteiger partial charge in [0.05, 0.1) is 0 Å². The van der Waals surface area contributed by atoms with Crippen molar-refractivity contribution < 1.29 is 13.8 Å². The summed E-state index contributed by atoms with van der Waals surface area (Å²) >= 11 is 3.47. The van der Waals surface area contributed by atoms with Crippen LogP contribution in [0.3, 0.4) is 0 Å². The number of hydrogen-bond donors (Lipinski definition) is 2. The number of nitrogens with one attached hydrogen (secondary N) is 1. The fourth-order valence-electron chi connectivity index (χ4n) is 5.18. The van der Waals surface area contributed by atoms with Crippen molar-refractivity contribution in [3.63, 3.8) is 0 Å². The summed E-state index contributed by atoms with van der Waals surface area (Å²) in [4.78, 5) is 21.5. The molecule has 1 N–H and O–H groups in total. The smallest absolute Gasteiger partial charge is 0.317 e. The molecule has 0 aromatic heterocycles. The molecule has 0 unspecified atom stereocenters. The molecule has 4 nitrogen and oxygen atoms in total. The van der Waals surface area contributed by atoms with E-state index in [1.165, 1.54) is 12.8 Å². The second-order valence-corrected chi connectivity index (χ2v) is 12.7. The van der Waals surface area contributed by atoms with Crippen LogP contribution in [0, 0.1) is 27.6 Å². The minimum Gasteiger partial charge on any atom is -0.395 e. The topological polar surface area (TPSA) is 55.4 Å². The van der Waals surface area contributed by atoms with E-state index >= 15 is 0 Å². The molecular weight excluding hydrogens is 394 g/mol. The molecular formula is C25H51NO3S. The van der Waals surface area contributed by atoms with E-state index in [0.29, 0.717) is 23.7 Å². The minimum atomic E-state index is -0.301. The predicted octanol–water partition coefficient (Wildman–Crippen LogP) is 6.88. The van der Waals surface area contributed by atoms with Crippen molar-refractivity contribution in [3.05, 3.63) is 0 Å². The SMILES string of the molecule is CC(C)(CC=O)CC(C)(C)CCC(=O)OS.CNCC(C)(C)CC(C)(C)CC(C)C. The average molecular weight is 446 g/mol. The highest BCUT2D eigenvalue weighted by Gasteiger charge is 2.29. The van der Waals surface area contributed by atoms with Crippen molar-refractivity contribution in [2.45, 2.75) is 108 Å². The maximum Gasteiger partial charge on any atom is 0.317 e. The average Bonchev–Trinajstić information content (AvgIpc) is 2.49. The second-order valence-electron chi connectivity index (χ2n) is 12.5. The van der Waals surface area contributed by atoms with Crippen LogP contribution >= 0.6 is 12.9 Å². The zero-order valence-corrected chi connectivity index (χ0v) is 22.7. The highest BCUT2D eigenvalue weighted by molar-refractivity contribution is 7.75. The third-order valence-electron chi connectivity index (χ3n) is 5.27. The van der Waals surface area contributed by atoms with E-state index in [0.717, 1.165) is 31.6 Å². The first-order valence-corrected chi connectivity index (χ1v) is 11.7. The predicted molar refractivity (Wildman–Crippen MR) is 133 cm³/mol. The maximum atomic E-state index is 11.0. The maximum absolute atomic E-state index is 11.0. The van der Waals surface area contributed by atoms with E-state index in [1.54, 1.807) is 0 Å². The Labute approximate surface area is 193 Å². The van der Waals surface area contributed by atoms with Crippen molar-refractivity contribution in [1.82, 2.24) is 5.32 Å². The van der Waals surface area contributed by atoms with Crippen molar-refractivity contribution in [3.8, 4) is 0 Å². The molecule has 0 atom stereocenters. The number of aldehydes is 1. The van der Waals surface area contributed by atoms with Crippen molar-refractivity contribution in [1.29, 1.82) is 0 Å². The first-order chi connectivity index (χ1) is 13.4. The lowest BCUT2D eigenvalue weighted by atomic mass is 9.71. The fourth-order valence-corrected chi connectivity index (χ4v) is 5.27. The van der Waals surface area contributed by atoms with Gasteiger partial charge in [0, 0.05) is 25.8 Å². The summed E-state index contributed by atoms with van der Waals surface area (Å²) in [6.45, 7) is 23.6. The number of thiol groups is 1. The molecule has 0 radical (unpaired) electrons. The summed E-state index contributed by atoms with van der Waals surface area (Å²) in [6, 6.07) is 0. The molecule has 0 aliphatic carbocycles. The zero-order valence-electron chi connectivity index (χ0n) is 21.8. The van der Waals surface area contributed by atoms with Crippen LogP contribution in [-0.4, -0.2) is 25.8 Å². The Morgan fingerprint density at radius 1 is 0.933 bits per heavy atom. The third kappa shape index (κ3) is 18.2. The van der Waals surface area contributed by atoms with E-state index in [2.05, 4.69) is 91.6 Å². The van der Waals surface area contributed by atoms with Crippen LogP contribution in [0.15, 0.2) is 0 Å². The van der Waals surface area contributed by atoms with E-state index in [9.17, 15) is 9.59 Å². The number of carbonyl (C=O) groups is 2. The molecule has 0 fully saturated rings. The minimum absolute atomic E-state index is 0.0177. The fraction of sp³-hybridized carbons (Fsp3) is 0.920. The molecule has 5 heteroatoms. The molecule has 0 heterocycles. The standard InChI is InChI=1S/C13H29N.C12H22O3S/c1-11(2)8-12(3,4)9-13(5,6)10-14-7;1-11(2,6-5-10(14)15-16)9-12(3,4)7-8-13/h11,14H,8-10H2,1-7H3;8,16H,5-7,9H2,1-4H3. The Morgan fingerprint density at radius 3 is 1.83 bits per heavy atom. The molecule has 0 aromatic carbocycles. The summed E-state index contributed by atoms with van der Waals surface area (Å²) in [6.07, 6.45) is 6.13. The number of carbonyl (C=O) groups excluding carboxylic acids is 2. The Kier molecular flexibility index (Phi) is 14.5. The molecule has 0 amide bonds. The summed E-state index contributed by atoms with van der Waals surface area (Å²) in [5, 5.41) is 3.28. The normalized spacial score (nSPS) is 13.0. The monoisotopic (exact) mass is 445 g/mol. The summed E-state index contributed by atoms with van der Waals surface area (Å²) < 4.78 is 4.32. The van der Waals surface area contributed by atoms with Gasteiger partial charge in [0.15, 0.2) is 0 Å². The molecule has 0 saturated heterocycles.